The van der Waals surface area contributed by atoms with Gasteiger partial charge in [-0.1, -0.05) is 39.8 Å². The van der Waals surface area contributed by atoms with Crippen molar-refractivity contribution in [2.45, 2.75) is 136 Å². The van der Waals surface area contributed by atoms with Gasteiger partial charge in [-0.2, -0.15) is 0 Å². The molecule has 0 amide bonds. The Balaban J connectivity index is 1.13. The quantitative estimate of drug-likeness (QED) is 0.258. The molecule has 262 valence electrons. The molecule has 0 bridgehead atoms. The molecule has 6 fully saturated rings. The molecule has 1 heterocycles. The van der Waals surface area contributed by atoms with Crippen LogP contribution in [0.3, 0.4) is 0 Å². The molecule has 0 radical (unpaired) electrons. The highest BCUT2D eigenvalue weighted by Crippen LogP contribution is 2.91. The highest BCUT2D eigenvalue weighted by molar-refractivity contribution is 5.95. The van der Waals surface area contributed by atoms with E-state index in [1.165, 1.54) is 0 Å². The van der Waals surface area contributed by atoms with Gasteiger partial charge in [0, 0.05) is 36.6 Å². The number of rotatable bonds is 7. The van der Waals surface area contributed by atoms with E-state index in [0.29, 0.717) is 23.8 Å². The van der Waals surface area contributed by atoms with Gasteiger partial charge in [-0.3, -0.25) is 0 Å². The monoisotopic (exact) mass is 653 g/mol. The summed E-state index contributed by atoms with van der Waals surface area (Å²) in [6, 6.07) is 7.52. The van der Waals surface area contributed by atoms with Gasteiger partial charge >= 0.3 is 5.97 Å². The number of aliphatic hydroxyl groups is 3. The minimum Gasteiger partial charge on any atom is -0.458 e. The minimum absolute atomic E-state index is 0.0400. The first-order chi connectivity index (χ1) is 22.0. The van der Waals surface area contributed by atoms with Crippen LogP contribution in [-0.2, 0) is 14.2 Å². The Labute approximate surface area is 281 Å². The molecule has 8 heteroatoms. The van der Waals surface area contributed by atoms with Gasteiger partial charge in [0.1, 0.15) is 12.2 Å². The number of benzene rings is 1. The normalized spacial score (nSPS) is 47.2. The largest absolute Gasteiger partial charge is 0.458 e. The predicted octanol–water partition coefficient (Wildman–Crippen LogP) is 6.17. The molecule has 0 unspecified atom stereocenters. The van der Waals surface area contributed by atoms with Crippen molar-refractivity contribution in [1.82, 2.24) is 0 Å². The first-order valence-electron chi connectivity index (χ1n) is 18.3. The molecular weight excluding hydrogens is 594 g/mol. The predicted molar refractivity (Wildman–Crippen MR) is 180 cm³/mol. The highest BCUT2D eigenvalue weighted by Gasteiger charge is 2.86. The van der Waals surface area contributed by atoms with Crippen molar-refractivity contribution in [1.29, 1.82) is 0 Å². The number of methoxy groups -OCH3 is 1. The lowest BCUT2D eigenvalue weighted by molar-refractivity contribution is -0.243. The van der Waals surface area contributed by atoms with Crippen molar-refractivity contribution in [2.24, 2.45) is 50.7 Å². The molecular formula is C39H59NO7. The van der Waals surface area contributed by atoms with Gasteiger partial charge in [-0.05, 0) is 118 Å². The first-order valence-corrected chi connectivity index (χ1v) is 18.3. The lowest BCUT2D eigenvalue weighted by atomic mass is 9.37. The molecule has 13 atom stereocenters. The van der Waals surface area contributed by atoms with Crippen LogP contribution in [0.1, 0.15) is 110 Å². The average molecular weight is 654 g/mol. The zero-order valence-corrected chi connectivity index (χ0v) is 29.8. The third-order valence-corrected chi connectivity index (χ3v) is 15.7. The number of hydrogen-bond acceptors (Lipinski definition) is 8. The summed E-state index contributed by atoms with van der Waals surface area (Å²) in [5.74, 6) is 0.916. The Kier molecular flexibility index (Phi) is 7.83. The van der Waals surface area contributed by atoms with E-state index in [1.807, 2.05) is 31.3 Å². The van der Waals surface area contributed by atoms with E-state index in [9.17, 15) is 20.1 Å². The summed E-state index contributed by atoms with van der Waals surface area (Å²) >= 11 is 0. The van der Waals surface area contributed by atoms with Gasteiger partial charge in [0.2, 0.25) is 0 Å². The molecule has 1 aliphatic heterocycles. The Bertz CT molecular complexity index is 1390. The molecule has 1 aromatic rings. The zero-order valence-electron chi connectivity index (χ0n) is 29.8. The van der Waals surface area contributed by atoms with Crippen molar-refractivity contribution < 1.29 is 34.3 Å². The summed E-state index contributed by atoms with van der Waals surface area (Å²) in [7, 11) is 3.52. The van der Waals surface area contributed by atoms with E-state index in [1.54, 1.807) is 21.0 Å². The summed E-state index contributed by atoms with van der Waals surface area (Å²) in [5, 5.41) is 37.0. The van der Waals surface area contributed by atoms with Gasteiger partial charge in [0.15, 0.2) is 6.29 Å². The third-order valence-electron chi connectivity index (χ3n) is 15.7. The summed E-state index contributed by atoms with van der Waals surface area (Å²) in [5.41, 5.74) is -0.0943. The fourth-order valence-corrected chi connectivity index (χ4v) is 13.5. The number of nitrogens with one attached hydrogen (secondary N) is 1. The van der Waals surface area contributed by atoms with Crippen LogP contribution < -0.4 is 5.32 Å². The molecule has 0 spiro atoms. The SMILES string of the molecule is CNc1ccccc1C(=O)O[C@H]1CC[C@]2(C)[C@H]3CC[C@]45C[C@]4(CC[C@H]5[C@H]4C[C@H]([C@H](O)C(C)(C)O)O[C@H]4OC)[C@]3(C)[C@H](O)C[C@H]2C1(C)C. The van der Waals surface area contributed by atoms with Crippen LogP contribution in [-0.4, -0.2) is 71.8 Å². The number of esters is 1. The van der Waals surface area contributed by atoms with E-state index >= 15 is 0 Å². The number of carbonyl (C=O) groups excluding carboxylic acids is 1. The lowest BCUT2D eigenvalue weighted by Gasteiger charge is -2.68. The molecule has 1 saturated heterocycles. The molecule has 6 aliphatic rings. The van der Waals surface area contributed by atoms with Crippen molar-refractivity contribution in [3.05, 3.63) is 29.8 Å². The Hall–Kier alpha value is -1.71. The second-order valence-corrected chi connectivity index (χ2v) is 18.1. The molecule has 7 rings (SSSR count). The number of fused-ring (bicyclic) bond motifs is 3. The van der Waals surface area contributed by atoms with Crippen LogP contribution >= 0.6 is 0 Å². The smallest absolute Gasteiger partial charge is 0.340 e. The number of aliphatic hydroxyl groups excluding tert-OH is 2. The van der Waals surface area contributed by atoms with Crippen molar-refractivity contribution >= 4 is 11.7 Å². The van der Waals surface area contributed by atoms with Crippen LogP contribution in [0.25, 0.3) is 0 Å². The maximum absolute atomic E-state index is 13.5. The van der Waals surface area contributed by atoms with E-state index in [2.05, 4.69) is 33.0 Å². The number of carbonyl (C=O) groups is 1. The standard InChI is InChI=1S/C39H59NO7/c1-34(2)28-20-29(41)37(6)27(36(28,5)16-15-30(34)47-32(43)22-11-9-10-12-25(22)40-7)14-17-38-21-39(37,38)18-13-24(38)23-19-26(46-33(23)45-8)31(42)35(3,4)44/h9-12,23-24,26-31,33,40-42,44H,13-21H2,1-8H3/t23-,24+,26-,27-,28+,29-,30+,31+,33-,36-,37+,38-,39-/m1/s1. The molecule has 5 saturated carbocycles. The molecule has 47 heavy (non-hydrogen) atoms. The maximum Gasteiger partial charge on any atom is 0.340 e. The van der Waals surface area contributed by atoms with E-state index < -0.39 is 30.2 Å². The van der Waals surface area contributed by atoms with Crippen LogP contribution in [0.4, 0.5) is 5.69 Å². The number of para-hydroxylation sites is 1. The van der Waals surface area contributed by atoms with Crippen molar-refractivity contribution in [2.75, 3.05) is 19.5 Å². The first kappa shape index (κ1) is 33.8. The number of anilines is 1. The lowest BCUT2D eigenvalue weighted by Crippen LogP contribution is -2.66. The van der Waals surface area contributed by atoms with Gasteiger partial charge in [-0.25, -0.2) is 4.79 Å². The molecule has 0 aromatic heterocycles. The third kappa shape index (κ3) is 4.46. The fraction of sp³-hybridized carbons (Fsp3) is 0.821. The van der Waals surface area contributed by atoms with Crippen molar-refractivity contribution in [3.8, 4) is 0 Å². The zero-order chi connectivity index (χ0) is 33.9. The van der Waals surface area contributed by atoms with Crippen molar-refractivity contribution in [3.63, 3.8) is 0 Å². The molecule has 5 aliphatic carbocycles. The van der Waals surface area contributed by atoms with Gasteiger partial charge in [0.25, 0.3) is 0 Å². The Morgan fingerprint density at radius 1 is 1.04 bits per heavy atom. The topological polar surface area (TPSA) is 117 Å². The molecule has 8 nitrogen and oxygen atoms in total. The fourth-order valence-electron chi connectivity index (χ4n) is 13.5. The molecule has 1 aromatic carbocycles. The highest BCUT2D eigenvalue weighted by atomic mass is 16.7. The molecule has 4 N–H and O–H groups in total. The van der Waals surface area contributed by atoms with Crippen LogP contribution in [0.5, 0.6) is 0 Å². The number of ether oxygens (including phenoxy) is 3. The minimum atomic E-state index is -1.25. The van der Waals surface area contributed by atoms with Gasteiger partial charge in [0.05, 0.1) is 23.4 Å². The second-order valence-electron chi connectivity index (χ2n) is 18.1. The van der Waals surface area contributed by atoms with E-state index in [4.69, 9.17) is 14.2 Å². The summed E-state index contributed by atoms with van der Waals surface area (Å²) in [6.07, 6.45) is 6.36. The summed E-state index contributed by atoms with van der Waals surface area (Å²) in [6.45, 7) is 12.7. The Morgan fingerprint density at radius 2 is 1.77 bits per heavy atom. The average Bonchev–Trinajstić information content (AvgIpc) is 3.35. The van der Waals surface area contributed by atoms with E-state index in [0.717, 1.165) is 57.1 Å². The van der Waals surface area contributed by atoms with Crippen LogP contribution in [0, 0.1) is 50.7 Å². The second kappa shape index (κ2) is 10.9. The Morgan fingerprint density at radius 3 is 2.45 bits per heavy atom. The van der Waals surface area contributed by atoms with Gasteiger partial charge < -0.3 is 34.8 Å². The van der Waals surface area contributed by atoms with E-state index in [-0.39, 0.29) is 51.0 Å². The maximum atomic E-state index is 13.5. The number of hydrogen-bond donors (Lipinski definition) is 4. The summed E-state index contributed by atoms with van der Waals surface area (Å²) < 4.78 is 18.5. The summed E-state index contributed by atoms with van der Waals surface area (Å²) in [4.78, 5) is 13.5. The van der Waals surface area contributed by atoms with Crippen LogP contribution in [0.15, 0.2) is 24.3 Å². The van der Waals surface area contributed by atoms with Gasteiger partial charge in [-0.15, -0.1) is 0 Å². The van der Waals surface area contributed by atoms with Crippen LogP contribution in [0.2, 0.25) is 0 Å².